The minimum atomic E-state index is -1.04. The highest BCUT2D eigenvalue weighted by atomic mass is 19.1. The van der Waals surface area contributed by atoms with E-state index < -0.39 is 23.5 Å². The molecule has 0 bridgehead atoms. The second-order valence-electron chi connectivity index (χ2n) is 7.73. The van der Waals surface area contributed by atoms with Crippen molar-refractivity contribution in [2.45, 2.75) is 25.0 Å². The molecule has 2 aliphatic rings. The van der Waals surface area contributed by atoms with E-state index in [1.165, 1.54) is 23.1 Å². The molecule has 2 aromatic rings. The quantitative estimate of drug-likeness (QED) is 0.307. The van der Waals surface area contributed by atoms with Crippen molar-refractivity contribution in [2.75, 3.05) is 19.8 Å². The molecule has 1 amide bonds. The molecule has 2 aliphatic heterocycles. The largest absolute Gasteiger partial charge is 0.507 e. The van der Waals surface area contributed by atoms with Crippen molar-refractivity contribution >= 4 is 17.4 Å². The van der Waals surface area contributed by atoms with Crippen LogP contribution in [0.1, 0.15) is 30.0 Å². The number of carbonyl (C=O) groups excluding carboxylic acids is 2. The van der Waals surface area contributed by atoms with E-state index in [4.69, 9.17) is 9.47 Å². The molecule has 2 heterocycles. The lowest BCUT2D eigenvalue weighted by Crippen LogP contribution is -2.36. The molecule has 0 aromatic heterocycles. The summed E-state index contributed by atoms with van der Waals surface area (Å²) in [6.45, 7) is 4.65. The highest BCUT2D eigenvalue weighted by Gasteiger charge is 2.47. The fourth-order valence-electron chi connectivity index (χ4n) is 4.12. The minimum absolute atomic E-state index is 0.141. The molecular weight excluding hydrogens is 413 g/mol. The first kappa shape index (κ1) is 21.8. The Morgan fingerprint density at radius 3 is 2.62 bits per heavy atom. The molecule has 0 radical (unpaired) electrons. The van der Waals surface area contributed by atoms with Crippen LogP contribution in [0.4, 0.5) is 4.39 Å². The maximum absolute atomic E-state index is 14.8. The fraction of sp³-hybridized carbons (Fsp3) is 0.280. The number of likely N-dealkylation sites (tertiary alicyclic amines) is 1. The summed E-state index contributed by atoms with van der Waals surface area (Å²) in [5.74, 6) is -1.98. The van der Waals surface area contributed by atoms with Gasteiger partial charge >= 0.3 is 0 Å². The van der Waals surface area contributed by atoms with E-state index in [1.807, 2.05) is 0 Å². The summed E-state index contributed by atoms with van der Waals surface area (Å²) in [7, 11) is 0. The van der Waals surface area contributed by atoms with Gasteiger partial charge in [-0.2, -0.15) is 0 Å². The van der Waals surface area contributed by atoms with Crippen molar-refractivity contribution in [3.63, 3.8) is 0 Å². The molecule has 32 heavy (non-hydrogen) atoms. The van der Waals surface area contributed by atoms with Crippen molar-refractivity contribution in [1.82, 2.24) is 4.90 Å². The average molecular weight is 437 g/mol. The van der Waals surface area contributed by atoms with Crippen molar-refractivity contribution in [3.8, 4) is 5.75 Å². The molecule has 0 saturated carbocycles. The van der Waals surface area contributed by atoms with Crippen LogP contribution in [-0.4, -0.2) is 47.6 Å². The van der Waals surface area contributed by atoms with Crippen LogP contribution in [0.15, 0.2) is 66.8 Å². The first-order chi connectivity index (χ1) is 15.5. The van der Waals surface area contributed by atoms with Crippen molar-refractivity contribution < 1.29 is 28.6 Å². The topological polar surface area (TPSA) is 76.1 Å². The van der Waals surface area contributed by atoms with Gasteiger partial charge in [0.05, 0.1) is 17.7 Å². The molecule has 7 heteroatoms. The number of halogens is 1. The summed E-state index contributed by atoms with van der Waals surface area (Å²) in [5, 5.41) is 11.0. The van der Waals surface area contributed by atoms with E-state index in [-0.39, 0.29) is 29.5 Å². The van der Waals surface area contributed by atoms with Crippen molar-refractivity contribution in [2.24, 2.45) is 0 Å². The van der Waals surface area contributed by atoms with Gasteiger partial charge < -0.3 is 19.5 Å². The molecule has 2 saturated heterocycles. The minimum Gasteiger partial charge on any atom is -0.507 e. The zero-order chi connectivity index (χ0) is 22.7. The Kier molecular flexibility index (Phi) is 6.37. The van der Waals surface area contributed by atoms with Crippen LogP contribution < -0.4 is 4.74 Å². The zero-order valence-corrected chi connectivity index (χ0v) is 17.5. The average Bonchev–Trinajstić information content (AvgIpc) is 3.40. The lowest BCUT2D eigenvalue weighted by Gasteiger charge is -2.27. The number of hydrogen-bond donors (Lipinski definition) is 1. The van der Waals surface area contributed by atoms with Crippen LogP contribution >= 0.6 is 0 Å². The van der Waals surface area contributed by atoms with E-state index >= 15 is 0 Å². The van der Waals surface area contributed by atoms with Crippen molar-refractivity contribution in [3.05, 3.63) is 83.7 Å². The summed E-state index contributed by atoms with van der Waals surface area (Å²) >= 11 is 0. The highest BCUT2D eigenvalue weighted by Crippen LogP contribution is 2.41. The summed E-state index contributed by atoms with van der Waals surface area (Å²) in [5.41, 5.74) is 0.336. The van der Waals surface area contributed by atoms with E-state index in [0.717, 1.165) is 12.8 Å². The van der Waals surface area contributed by atoms with Gasteiger partial charge in [0.15, 0.2) is 0 Å². The number of hydrogen-bond acceptors (Lipinski definition) is 5. The predicted octanol–water partition coefficient (Wildman–Crippen LogP) is 3.99. The maximum atomic E-state index is 14.8. The van der Waals surface area contributed by atoms with Crippen LogP contribution in [0.3, 0.4) is 0 Å². The van der Waals surface area contributed by atoms with Gasteiger partial charge in [0.25, 0.3) is 11.7 Å². The second-order valence-corrected chi connectivity index (χ2v) is 7.73. The SMILES string of the molecule is C=CCOc1ccc(C(O)=C2C(=O)C(=O)N(C[C@@H]3CCCO3)[C@H]2c2ccccc2F)cc1. The monoisotopic (exact) mass is 437 g/mol. The Hall–Kier alpha value is -3.45. The Bertz CT molecular complexity index is 1060. The fourth-order valence-corrected chi connectivity index (χ4v) is 4.12. The summed E-state index contributed by atoms with van der Waals surface area (Å²) in [6, 6.07) is 11.4. The van der Waals surface area contributed by atoms with Crippen LogP contribution in [0.2, 0.25) is 0 Å². The zero-order valence-electron chi connectivity index (χ0n) is 17.5. The summed E-state index contributed by atoms with van der Waals surface area (Å²) in [4.78, 5) is 27.2. The number of ether oxygens (including phenoxy) is 2. The standard InChI is InChI=1S/C25H24FNO5/c1-2-13-31-17-11-9-16(10-12-17)23(28)21-22(19-7-3-4-8-20(19)26)27(25(30)24(21)29)15-18-6-5-14-32-18/h2-4,7-12,18,22,28H,1,5-6,13-15H2/t18-,22-/m0/s1. The maximum Gasteiger partial charge on any atom is 0.295 e. The molecule has 166 valence electrons. The van der Waals surface area contributed by atoms with Gasteiger partial charge in [-0.3, -0.25) is 9.59 Å². The Labute approximate surface area is 185 Å². The van der Waals surface area contributed by atoms with Gasteiger partial charge in [0, 0.05) is 24.3 Å². The van der Waals surface area contributed by atoms with Gasteiger partial charge in [0.1, 0.15) is 23.9 Å². The lowest BCUT2D eigenvalue weighted by molar-refractivity contribution is -0.140. The Morgan fingerprint density at radius 1 is 1.22 bits per heavy atom. The third-order valence-corrected chi connectivity index (χ3v) is 5.66. The second kappa shape index (κ2) is 9.36. The number of ketones is 1. The highest BCUT2D eigenvalue weighted by molar-refractivity contribution is 6.46. The smallest absolute Gasteiger partial charge is 0.295 e. The molecular formula is C25H24FNO5. The molecule has 4 rings (SSSR count). The van der Waals surface area contributed by atoms with Crippen molar-refractivity contribution in [1.29, 1.82) is 0 Å². The molecule has 2 aromatic carbocycles. The van der Waals surface area contributed by atoms with Gasteiger partial charge in [0.2, 0.25) is 0 Å². The molecule has 2 atom stereocenters. The Balaban J connectivity index is 1.77. The first-order valence-electron chi connectivity index (χ1n) is 10.5. The number of aliphatic hydroxyl groups is 1. The molecule has 0 unspecified atom stereocenters. The van der Waals surface area contributed by atoms with Gasteiger partial charge in [-0.1, -0.05) is 30.9 Å². The van der Waals surface area contributed by atoms with Crippen LogP contribution in [0.5, 0.6) is 5.75 Å². The molecule has 0 aliphatic carbocycles. The van der Waals surface area contributed by atoms with Gasteiger partial charge in [-0.05, 0) is 43.2 Å². The number of benzene rings is 2. The lowest BCUT2D eigenvalue weighted by atomic mass is 9.94. The third kappa shape index (κ3) is 4.16. The normalized spacial score (nSPS) is 22.3. The van der Waals surface area contributed by atoms with E-state index in [2.05, 4.69) is 6.58 Å². The van der Waals surface area contributed by atoms with E-state index in [9.17, 15) is 19.1 Å². The number of rotatable bonds is 7. The Morgan fingerprint density at radius 2 is 1.97 bits per heavy atom. The number of nitrogens with zero attached hydrogens (tertiary/aromatic N) is 1. The van der Waals surface area contributed by atoms with E-state index in [0.29, 0.717) is 24.5 Å². The number of Topliss-reactive ketones (excluding diaryl/α,β-unsaturated/α-hetero) is 1. The summed E-state index contributed by atoms with van der Waals surface area (Å²) < 4.78 is 25.9. The van der Waals surface area contributed by atoms with Gasteiger partial charge in [-0.15, -0.1) is 0 Å². The number of aliphatic hydroxyl groups excluding tert-OH is 1. The van der Waals surface area contributed by atoms with Crippen LogP contribution in [-0.2, 0) is 14.3 Å². The molecule has 0 spiro atoms. The molecule has 1 N–H and O–H groups in total. The molecule has 2 fully saturated rings. The predicted molar refractivity (Wildman–Crippen MR) is 117 cm³/mol. The van der Waals surface area contributed by atoms with Gasteiger partial charge in [-0.25, -0.2) is 4.39 Å². The summed E-state index contributed by atoms with van der Waals surface area (Å²) in [6.07, 6.45) is 2.99. The molecule has 6 nitrogen and oxygen atoms in total. The first-order valence-corrected chi connectivity index (χ1v) is 10.5. The number of amides is 1. The van der Waals surface area contributed by atoms with Crippen LogP contribution in [0, 0.1) is 5.82 Å². The van der Waals surface area contributed by atoms with Crippen LogP contribution in [0.25, 0.3) is 5.76 Å². The van der Waals surface area contributed by atoms with E-state index in [1.54, 1.807) is 36.4 Å². The number of carbonyl (C=O) groups is 2. The third-order valence-electron chi connectivity index (χ3n) is 5.66.